The lowest BCUT2D eigenvalue weighted by Gasteiger charge is -2.17. The Hall–Kier alpha value is -0.830. The topological polar surface area (TPSA) is 52.0 Å². The zero-order valence-corrected chi connectivity index (χ0v) is 6.42. The molecule has 2 N–H and O–H groups in total. The van der Waals surface area contributed by atoms with Gasteiger partial charge >= 0.3 is 0 Å². The van der Waals surface area contributed by atoms with Gasteiger partial charge < -0.3 is 10.3 Å². The summed E-state index contributed by atoms with van der Waals surface area (Å²) in [5.74, 6) is 0.442. The van der Waals surface area contributed by atoms with Gasteiger partial charge in [-0.2, -0.15) is 0 Å². The largest absolute Gasteiger partial charge is 0.364 e. The molecule has 3 nitrogen and oxygen atoms in total. The highest BCUT2D eigenvalue weighted by Crippen LogP contribution is 2.29. The van der Waals surface area contributed by atoms with E-state index in [1.165, 1.54) is 12.0 Å². The maximum atomic E-state index is 5.60. The van der Waals surface area contributed by atoms with Gasteiger partial charge in [0.15, 0.2) is 0 Å². The molecular weight excluding hydrogens is 140 g/mol. The van der Waals surface area contributed by atoms with Gasteiger partial charge in [0.05, 0.1) is 5.69 Å². The van der Waals surface area contributed by atoms with Crippen LogP contribution in [0.2, 0.25) is 0 Å². The second kappa shape index (κ2) is 2.66. The third-order valence-electron chi connectivity index (χ3n) is 2.34. The summed E-state index contributed by atoms with van der Waals surface area (Å²) in [7, 11) is 0. The Balaban J connectivity index is 2.32. The third-order valence-corrected chi connectivity index (χ3v) is 2.34. The summed E-state index contributed by atoms with van der Waals surface area (Å²) in [6, 6.07) is 0. The first kappa shape index (κ1) is 6.85. The van der Waals surface area contributed by atoms with Crippen molar-refractivity contribution < 1.29 is 4.52 Å². The summed E-state index contributed by atoms with van der Waals surface area (Å²) < 4.78 is 4.89. The van der Waals surface area contributed by atoms with E-state index in [2.05, 4.69) is 5.16 Å². The number of aromatic nitrogens is 1. The van der Waals surface area contributed by atoms with Crippen LogP contribution in [0, 0.1) is 0 Å². The number of hydrogen-bond donors (Lipinski definition) is 1. The van der Waals surface area contributed by atoms with E-state index in [0.717, 1.165) is 18.5 Å². The summed E-state index contributed by atoms with van der Waals surface area (Å²) in [5.41, 5.74) is 7.95. The average molecular weight is 152 g/mol. The van der Waals surface area contributed by atoms with Crippen molar-refractivity contribution in [3.8, 4) is 0 Å². The van der Waals surface area contributed by atoms with Crippen molar-refractivity contribution in [1.29, 1.82) is 0 Å². The van der Waals surface area contributed by atoms with Crippen LogP contribution >= 0.6 is 0 Å². The van der Waals surface area contributed by atoms with E-state index in [9.17, 15) is 0 Å². The molecular formula is C8H12N2O. The molecule has 1 aliphatic carbocycles. The Bertz CT molecular complexity index is 244. The Morgan fingerprint density at radius 2 is 2.64 bits per heavy atom. The van der Waals surface area contributed by atoms with Gasteiger partial charge in [0.25, 0.3) is 0 Å². The number of nitrogens with two attached hydrogens (primary N) is 1. The van der Waals surface area contributed by atoms with E-state index >= 15 is 0 Å². The minimum atomic E-state index is 0.442. The van der Waals surface area contributed by atoms with Crippen LogP contribution in [0.5, 0.6) is 0 Å². The molecule has 1 aromatic rings. The van der Waals surface area contributed by atoms with E-state index in [4.69, 9.17) is 10.3 Å². The van der Waals surface area contributed by atoms with Crippen molar-refractivity contribution in [1.82, 2.24) is 5.16 Å². The third kappa shape index (κ3) is 1.05. The molecule has 11 heavy (non-hydrogen) atoms. The van der Waals surface area contributed by atoms with Crippen molar-refractivity contribution in [2.45, 2.75) is 25.2 Å². The van der Waals surface area contributed by atoms with Gasteiger partial charge in [0, 0.05) is 18.0 Å². The van der Waals surface area contributed by atoms with Gasteiger partial charge in [-0.05, 0) is 19.3 Å². The van der Waals surface area contributed by atoms with Crippen molar-refractivity contribution in [2.75, 3.05) is 6.54 Å². The second-order valence-electron chi connectivity index (χ2n) is 3.05. The van der Waals surface area contributed by atoms with Gasteiger partial charge in [-0.25, -0.2) is 0 Å². The van der Waals surface area contributed by atoms with Crippen LogP contribution < -0.4 is 5.73 Å². The van der Waals surface area contributed by atoms with Crippen LogP contribution in [-0.2, 0) is 6.42 Å². The standard InChI is InChI=1S/C8H12N2O/c9-4-6-2-1-3-7-5-11-10-8(6)7/h5-6H,1-4,9H2. The molecule has 0 saturated carbocycles. The monoisotopic (exact) mass is 152 g/mol. The van der Waals surface area contributed by atoms with Gasteiger partial charge in [-0.1, -0.05) is 5.16 Å². The Morgan fingerprint density at radius 1 is 1.73 bits per heavy atom. The van der Waals surface area contributed by atoms with Crippen molar-refractivity contribution in [3.05, 3.63) is 17.5 Å². The predicted molar refractivity (Wildman–Crippen MR) is 41.2 cm³/mol. The molecule has 60 valence electrons. The highest BCUT2D eigenvalue weighted by Gasteiger charge is 2.21. The molecule has 0 bridgehead atoms. The van der Waals surface area contributed by atoms with Crippen molar-refractivity contribution in [3.63, 3.8) is 0 Å². The molecule has 3 heteroatoms. The zero-order valence-electron chi connectivity index (χ0n) is 6.42. The lowest BCUT2D eigenvalue weighted by atomic mass is 9.88. The van der Waals surface area contributed by atoms with Crippen LogP contribution in [0.15, 0.2) is 10.8 Å². The number of aryl methyl sites for hydroxylation is 1. The second-order valence-corrected chi connectivity index (χ2v) is 3.05. The fourth-order valence-electron chi connectivity index (χ4n) is 1.69. The number of fused-ring (bicyclic) bond motifs is 1. The van der Waals surface area contributed by atoms with Crippen LogP contribution in [0.25, 0.3) is 0 Å². The van der Waals surface area contributed by atoms with Crippen LogP contribution in [0.1, 0.15) is 30.0 Å². The molecule has 0 fully saturated rings. The Labute approximate surface area is 65.6 Å². The molecule has 0 aromatic carbocycles. The van der Waals surface area contributed by atoms with E-state index in [-0.39, 0.29) is 0 Å². The van der Waals surface area contributed by atoms with Crippen molar-refractivity contribution >= 4 is 0 Å². The first-order valence-electron chi connectivity index (χ1n) is 4.05. The summed E-state index contributed by atoms with van der Waals surface area (Å²) in [6.07, 6.45) is 5.23. The number of nitrogens with zero attached hydrogens (tertiary/aromatic N) is 1. The van der Waals surface area contributed by atoms with Gasteiger partial charge in [-0.15, -0.1) is 0 Å². The molecule has 1 heterocycles. The smallest absolute Gasteiger partial charge is 0.127 e. The van der Waals surface area contributed by atoms with E-state index in [0.29, 0.717) is 12.5 Å². The minimum Gasteiger partial charge on any atom is -0.364 e. The normalized spacial score (nSPS) is 23.2. The van der Waals surface area contributed by atoms with Gasteiger partial charge in [0.2, 0.25) is 0 Å². The highest BCUT2D eigenvalue weighted by molar-refractivity contribution is 5.22. The van der Waals surface area contributed by atoms with Crippen LogP contribution in [0.3, 0.4) is 0 Å². The highest BCUT2D eigenvalue weighted by atomic mass is 16.5. The molecule has 0 saturated heterocycles. The summed E-state index contributed by atoms with van der Waals surface area (Å²) in [6.45, 7) is 0.694. The molecule has 1 aliphatic rings. The van der Waals surface area contributed by atoms with Gasteiger partial charge in [-0.3, -0.25) is 0 Å². The molecule has 1 aromatic heterocycles. The van der Waals surface area contributed by atoms with Crippen molar-refractivity contribution in [2.24, 2.45) is 5.73 Å². The average Bonchev–Trinajstić information content (AvgIpc) is 2.50. The first-order chi connectivity index (χ1) is 5.42. The Kier molecular flexibility index (Phi) is 1.66. The fourth-order valence-corrected chi connectivity index (χ4v) is 1.69. The maximum absolute atomic E-state index is 5.60. The number of rotatable bonds is 1. The first-order valence-corrected chi connectivity index (χ1v) is 4.05. The Morgan fingerprint density at radius 3 is 3.45 bits per heavy atom. The quantitative estimate of drug-likeness (QED) is 0.654. The SMILES string of the molecule is NCC1CCCc2conc21. The van der Waals surface area contributed by atoms with Crippen LogP contribution in [-0.4, -0.2) is 11.7 Å². The predicted octanol–water partition coefficient (Wildman–Crippen LogP) is 1.05. The van der Waals surface area contributed by atoms with E-state index in [1.54, 1.807) is 6.26 Å². The van der Waals surface area contributed by atoms with E-state index < -0.39 is 0 Å². The molecule has 0 amide bonds. The lowest BCUT2D eigenvalue weighted by Crippen LogP contribution is -2.17. The summed E-state index contributed by atoms with van der Waals surface area (Å²) in [4.78, 5) is 0. The summed E-state index contributed by atoms with van der Waals surface area (Å²) in [5, 5.41) is 3.95. The number of hydrogen-bond acceptors (Lipinski definition) is 3. The van der Waals surface area contributed by atoms with Gasteiger partial charge in [0.1, 0.15) is 6.26 Å². The maximum Gasteiger partial charge on any atom is 0.127 e. The minimum absolute atomic E-state index is 0.442. The lowest BCUT2D eigenvalue weighted by molar-refractivity contribution is 0.403. The van der Waals surface area contributed by atoms with Crippen LogP contribution in [0.4, 0.5) is 0 Å². The zero-order chi connectivity index (χ0) is 7.68. The molecule has 1 atom stereocenters. The molecule has 0 aliphatic heterocycles. The molecule has 1 unspecified atom stereocenters. The molecule has 0 spiro atoms. The van der Waals surface area contributed by atoms with E-state index in [1.807, 2.05) is 0 Å². The summed E-state index contributed by atoms with van der Waals surface area (Å²) >= 11 is 0. The molecule has 0 radical (unpaired) electrons. The fraction of sp³-hybridized carbons (Fsp3) is 0.625. The molecule has 2 rings (SSSR count).